The third kappa shape index (κ3) is 3.77. The van der Waals surface area contributed by atoms with Gasteiger partial charge in [0.05, 0.1) is 26.4 Å². The Labute approximate surface area is 113 Å². The summed E-state index contributed by atoms with van der Waals surface area (Å²) < 4.78 is 15.3. The maximum atomic E-state index is 11.5. The Hall–Kier alpha value is -1.91. The molecule has 0 unspecified atom stereocenters. The number of hydrogen-bond donors (Lipinski definition) is 1. The lowest BCUT2D eigenvalue weighted by Crippen LogP contribution is -2.41. The van der Waals surface area contributed by atoms with Crippen molar-refractivity contribution >= 4 is 6.09 Å². The molecular weight excluding hydrogens is 246 g/mol. The van der Waals surface area contributed by atoms with Crippen molar-refractivity contribution in [1.82, 2.24) is 5.32 Å². The van der Waals surface area contributed by atoms with E-state index < -0.39 is 11.6 Å². The molecule has 0 saturated heterocycles. The van der Waals surface area contributed by atoms with Gasteiger partial charge in [-0.1, -0.05) is 6.07 Å². The molecule has 0 aromatic heterocycles. The van der Waals surface area contributed by atoms with Gasteiger partial charge in [0.15, 0.2) is 11.5 Å². The molecule has 5 heteroatoms. The molecule has 1 aromatic rings. The number of rotatable bonds is 5. The normalized spacial score (nSPS) is 10.8. The number of benzene rings is 1. The minimum Gasteiger partial charge on any atom is -0.493 e. The van der Waals surface area contributed by atoms with Crippen LogP contribution < -0.4 is 14.8 Å². The lowest BCUT2D eigenvalue weighted by atomic mass is 9.94. The van der Waals surface area contributed by atoms with Gasteiger partial charge in [0, 0.05) is 0 Å². The molecule has 1 aromatic carbocycles. The average molecular weight is 267 g/mol. The summed E-state index contributed by atoms with van der Waals surface area (Å²) in [6, 6.07) is 5.53. The third-order valence-electron chi connectivity index (χ3n) is 2.80. The summed E-state index contributed by atoms with van der Waals surface area (Å²) in [6.45, 7) is 5.90. The zero-order chi connectivity index (χ0) is 14.5. The Bertz CT molecular complexity index is 443. The summed E-state index contributed by atoms with van der Waals surface area (Å²) in [4.78, 5) is 11.5. The van der Waals surface area contributed by atoms with E-state index in [0.29, 0.717) is 18.1 Å². The van der Waals surface area contributed by atoms with Crippen LogP contribution >= 0.6 is 0 Å². The van der Waals surface area contributed by atoms with Gasteiger partial charge in [-0.05, 0) is 38.5 Å². The first-order chi connectivity index (χ1) is 8.94. The van der Waals surface area contributed by atoms with Gasteiger partial charge >= 0.3 is 6.09 Å². The molecule has 0 atom stereocenters. The molecule has 0 aliphatic heterocycles. The van der Waals surface area contributed by atoms with Crippen molar-refractivity contribution in [2.75, 3.05) is 20.8 Å². The Kier molecular flexibility index (Phi) is 5.03. The fraction of sp³-hybridized carbons (Fsp3) is 0.500. The van der Waals surface area contributed by atoms with Crippen LogP contribution in [0, 0.1) is 0 Å². The van der Waals surface area contributed by atoms with Crippen LogP contribution in [0.25, 0.3) is 0 Å². The number of hydrogen-bond acceptors (Lipinski definition) is 4. The summed E-state index contributed by atoms with van der Waals surface area (Å²) >= 11 is 0. The molecule has 0 spiro atoms. The second kappa shape index (κ2) is 6.31. The molecule has 0 aliphatic carbocycles. The molecule has 0 fully saturated rings. The molecule has 106 valence electrons. The van der Waals surface area contributed by atoms with E-state index in [2.05, 4.69) is 5.32 Å². The topological polar surface area (TPSA) is 56.8 Å². The molecule has 1 N–H and O–H groups in total. The highest BCUT2D eigenvalue weighted by atomic mass is 16.5. The van der Waals surface area contributed by atoms with Gasteiger partial charge in [0.2, 0.25) is 0 Å². The largest absolute Gasteiger partial charge is 0.493 e. The molecule has 0 radical (unpaired) electrons. The minimum atomic E-state index is -0.564. The lowest BCUT2D eigenvalue weighted by Gasteiger charge is -2.27. The number of nitrogens with one attached hydrogen (secondary N) is 1. The van der Waals surface area contributed by atoms with Crippen molar-refractivity contribution in [3.63, 3.8) is 0 Å². The van der Waals surface area contributed by atoms with E-state index in [1.165, 1.54) is 0 Å². The average Bonchev–Trinajstić information content (AvgIpc) is 2.37. The van der Waals surface area contributed by atoms with Crippen molar-refractivity contribution in [2.24, 2.45) is 0 Å². The van der Waals surface area contributed by atoms with Gasteiger partial charge in [-0.15, -0.1) is 0 Å². The molecular formula is C14H21NO4. The quantitative estimate of drug-likeness (QED) is 0.891. The number of amides is 1. The maximum Gasteiger partial charge on any atom is 0.407 e. The predicted octanol–water partition coefficient (Wildman–Crippen LogP) is 2.69. The Morgan fingerprint density at radius 3 is 2.37 bits per heavy atom. The van der Waals surface area contributed by atoms with Crippen LogP contribution in [0.1, 0.15) is 26.3 Å². The smallest absolute Gasteiger partial charge is 0.407 e. The van der Waals surface area contributed by atoms with Crippen molar-refractivity contribution in [3.8, 4) is 11.5 Å². The number of carbonyl (C=O) groups is 1. The zero-order valence-corrected chi connectivity index (χ0v) is 12.1. The summed E-state index contributed by atoms with van der Waals surface area (Å²) in [6.07, 6.45) is -0.442. The maximum absolute atomic E-state index is 11.5. The number of alkyl carbamates (subject to hydrolysis) is 1. The van der Waals surface area contributed by atoms with Crippen LogP contribution in [-0.2, 0) is 10.3 Å². The van der Waals surface area contributed by atoms with E-state index in [1.54, 1.807) is 21.1 Å². The van der Waals surface area contributed by atoms with Crippen LogP contribution in [0.4, 0.5) is 4.79 Å². The van der Waals surface area contributed by atoms with Gasteiger partial charge in [-0.25, -0.2) is 4.79 Å². The molecule has 5 nitrogen and oxygen atoms in total. The summed E-state index contributed by atoms with van der Waals surface area (Å²) in [5.41, 5.74) is 0.337. The van der Waals surface area contributed by atoms with Gasteiger partial charge < -0.3 is 19.5 Å². The van der Waals surface area contributed by atoms with Crippen molar-refractivity contribution < 1.29 is 19.0 Å². The molecule has 0 bridgehead atoms. The molecule has 0 saturated carbocycles. The molecule has 19 heavy (non-hydrogen) atoms. The van der Waals surface area contributed by atoms with Crippen LogP contribution in [0.15, 0.2) is 18.2 Å². The SMILES string of the molecule is CCOC(=O)NC(C)(C)c1ccc(OC)c(OC)c1. The highest BCUT2D eigenvalue weighted by Gasteiger charge is 2.24. The van der Waals surface area contributed by atoms with Crippen LogP contribution in [0.5, 0.6) is 11.5 Å². The van der Waals surface area contributed by atoms with Crippen molar-refractivity contribution in [1.29, 1.82) is 0 Å². The number of methoxy groups -OCH3 is 2. The molecule has 0 aliphatic rings. The first-order valence-electron chi connectivity index (χ1n) is 6.12. The van der Waals surface area contributed by atoms with Crippen LogP contribution in [-0.4, -0.2) is 26.9 Å². The summed E-state index contributed by atoms with van der Waals surface area (Å²) in [7, 11) is 3.16. The van der Waals surface area contributed by atoms with Gasteiger partial charge in [-0.3, -0.25) is 0 Å². The monoisotopic (exact) mass is 267 g/mol. The Morgan fingerprint density at radius 1 is 1.21 bits per heavy atom. The fourth-order valence-electron chi connectivity index (χ4n) is 1.72. The van der Waals surface area contributed by atoms with E-state index >= 15 is 0 Å². The molecule has 0 heterocycles. The number of carbonyl (C=O) groups excluding carboxylic acids is 1. The van der Waals surface area contributed by atoms with Gasteiger partial charge in [-0.2, -0.15) is 0 Å². The van der Waals surface area contributed by atoms with Crippen molar-refractivity contribution in [2.45, 2.75) is 26.3 Å². The van der Waals surface area contributed by atoms with Gasteiger partial charge in [0.25, 0.3) is 0 Å². The minimum absolute atomic E-state index is 0.341. The Morgan fingerprint density at radius 2 is 1.84 bits per heavy atom. The first kappa shape index (κ1) is 15.1. The first-order valence-corrected chi connectivity index (χ1v) is 6.12. The standard InChI is InChI=1S/C14H21NO4/c1-6-19-13(16)15-14(2,3)10-7-8-11(17-4)12(9-10)18-5/h7-9H,6H2,1-5H3,(H,15,16). The molecule has 1 rings (SSSR count). The fourth-order valence-corrected chi connectivity index (χ4v) is 1.72. The summed E-state index contributed by atoms with van der Waals surface area (Å²) in [5, 5.41) is 2.80. The highest BCUT2D eigenvalue weighted by Crippen LogP contribution is 2.32. The predicted molar refractivity (Wildman–Crippen MR) is 72.7 cm³/mol. The van der Waals surface area contributed by atoms with E-state index in [0.717, 1.165) is 5.56 Å². The third-order valence-corrected chi connectivity index (χ3v) is 2.80. The zero-order valence-electron chi connectivity index (χ0n) is 12.1. The number of ether oxygens (including phenoxy) is 3. The van der Waals surface area contributed by atoms with Crippen LogP contribution in [0.2, 0.25) is 0 Å². The van der Waals surface area contributed by atoms with Crippen molar-refractivity contribution in [3.05, 3.63) is 23.8 Å². The van der Waals surface area contributed by atoms with Gasteiger partial charge in [0.1, 0.15) is 0 Å². The van der Waals surface area contributed by atoms with E-state index in [9.17, 15) is 4.79 Å². The molecule has 1 amide bonds. The summed E-state index contributed by atoms with van der Waals surface area (Å²) in [5.74, 6) is 1.27. The second-order valence-electron chi connectivity index (χ2n) is 4.54. The van der Waals surface area contributed by atoms with Crippen LogP contribution in [0.3, 0.4) is 0 Å². The lowest BCUT2D eigenvalue weighted by molar-refractivity contribution is 0.141. The highest BCUT2D eigenvalue weighted by molar-refractivity contribution is 5.68. The van der Waals surface area contributed by atoms with E-state index in [-0.39, 0.29) is 0 Å². The Balaban J connectivity index is 2.97. The second-order valence-corrected chi connectivity index (χ2v) is 4.54. The van der Waals surface area contributed by atoms with E-state index in [4.69, 9.17) is 14.2 Å². The van der Waals surface area contributed by atoms with E-state index in [1.807, 2.05) is 32.0 Å².